The maximum absolute atomic E-state index is 14.4. The summed E-state index contributed by atoms with van der Waals surface area (Å²) in [6.45, 7) is 2.83. The van der Waals surface area contributed by atoms with E-state index in [-0.39, 0.29) is 34.8 Å². The summed E-state index contributed by atoms with van der Waals surface area (Å²) in [4.78, 5) is 40.0. The third-order valence-corrected chi connectivity index (χ3v) is 9.51. The van der Waals surface area contributed by atoms with Crippen LogP contribution in [0.25, 0.3) is 0 Å². The Morgan fingerprint density at radius 3 is 2.21 bits per heavy atom. The molecule has 0 spiro atoms. The van der Waals surface area contributed by atoms with Crippen LogP contribution in [0.4, 0.5) is 11.4 Å². The number of nitrogens with one attached hydrogen (secondary N) is 1. The highest BCUT2D eigenvalue weighted by Gasteiger charge is 2.35. The zero-order valence-corrected chi connectivity index (χ0v) is 27.7. The first-order chi connectivity index (χ1) is 22.4. The average Bonchev–Trinajstić information content (AvgIpc) is 3.06. The van der Waals surface area contributed by atoms with Crippen LogP contribution in [-0.4, -0.2) is 56.3 Å². The van der Waals surface area contributed by atoms with Crippen LogP contribution >= 0.6 is 11.6 Å². The number of sulfonamides is 1. The highest BCUT2D eigenvalue weighted by Crippen LogP contribution is 2.30. The van der Waals surface area contributed by atoms with E-state index in [4.69, 9.17) is 16.3 Å². The van der Waals surface area contributed by atoms with Crippen LogP contribution in [0.15, 0.2) is 102 Å². The quantitative estimate of drug-likeness (QED) is 0.137. The van der Waals surface area contributed by atoms with Gasteiger partial charge >= 0.3 is 0 Å². The molecule has 0 fully saturated rings. The summed E-state index contributed by atoms with van der Waals surface area (Å²) in [5.41, 5.74) is 1.48. The third kappa shape index (κ3) is 8.66. The maximum atomic E-state index is 14.4. The fourth-order valence-electron chi connectivity index (χ4n) is 4.98. The van der Waals surface area contributed by atoms with Gasteiger partial charge in [0.25, 0.3) is 15.7 Å². The summed E-state index contributed by atoms with van der Waals surface area (Å²) >= 11 is 6.11. The van der Waals surface area contributed by atoms with Gasteiger partial charge < -0.3 is 15.0 Å². The molecule has 0 unspecified atom stereocenters. The number of rotatable bonds is 14. The van der Waals surface area contributed by atoms with Gasteiger partial charge in [0.15, 0.2) is 0 Å². The molecule has 246 valence electrons. The molecule has 0 aliphatic rings. The van der Waals surface area contributed by atoms with Gasteiger partial charge in [-0.2, -0.15) is 0 Å². The van der Waals surface area contributed by atoms with Gasteiger partial charge in [-0.05, 0) is 67.4 Å². The van der Waals surface area contributed by atoms with Crippen LogP contribution in [0.3, 0.4) is 0 Å². The second-order valence-electron chi connectivity index (χ2n) is 10.7. The first-order valence-corrected chi connectivity index (χ1v) is 16.5. The molecule has 47 heavy (non-hydrogen) atoms. The number of halogens is 1. The molecule has 11 nitrogen and oxygen atoms in total. The number of likely N-dealkylation sites (N-methyl/N-ethyl adjacent to an activating group) is 1. The number of hydrogen-bond donors (Lipinski definition) is 1. The molecule has 1 atom stereocenters. The Bertz CT molecular complexity index is 1820. The Morgan fingerprint density at radius 1 is 0.957 bits per heavy atom. The fourth-order valence-corrected chi connectivity index (χ4v) is 6.54. The van der Waals surface area contributed by atoms with E-state index in [0.717, 1.165) is 15.9 Å². The Balaban J connectivity index is 1.83. The molecule has 4 rings (SSSR count). The van der Waals surface area contributed by atoms with Crippen LogP contribution in [0.2, 0.25) is 5.02 Å². The van der Waals surface area contributed by atoms with Crippen molar-refractivity contribution in [2.45, 2.75) is 37.8 Å². The smallest absolute Gasteiger partial charge is 0.273 e. The average molecular weight is 679 g/mol. The minimum Gasteiger partial charge on any atom is -0.497 e. The summed E-state index contributed by atoms with van der Waals surface area (Å²) < 4.78 is 34.6. The maximum Gasteiger partial charge on any atom is 0.273 e. The first kappa shape index (κ1) is 34.9. The highest BCUT2D eigenvalue weighted by molar-refractivity contribution is 7.92. The van der Waals surface area contributed by atoms with Gasteiger partial charge in [0.2, 0.25) is 11.8 Å². The van der Waals surface area contributed by atoms with Crippen molar-refractivity contribution in [3.8, 4) is 5.75 Å². The summed E-state index contributed by atoms with van der Waals surface area (Å²) in [5, 5.41) is 15.0. The molecule has 4 aromatic carbocycles. The zero-order chi connectivity index (χ0) is 34.1. The van der Waals surface area contributed by atoms with E-state index < -0.39 is 39.3 Å². The summed E-state index contributed by atoms with van der Waals surface area (Å²) in [6.07, 6.45) is 0.158. The van der Waals surface area contributed by atoms with Gasteiger partial charge in [0.1, 0.15) is 18.3 Å². The van der Waals surface area contributed by atoms with E-state index in [9.17, 15) is 28.1 Å². The lowest BCUT2D eigenvalue weighted by molar-refractivity contribution is -0.385. The number of nitro groups is 1. The monoisotopic (exact) mass is 678 g/mol. The van der Waals surface area contributed by atoms with Gasteiger partial charge in [-0.1, -0.05) is 60.1 Å². The number of ether oxygens (including phenoxy) is 1. The van der Waals surface area contributed by atoms with Crippen molar-refractivity contribution in [3.05, 3.63) is 129 Å². The molecule has 0 aliphatic heterocycles. The van der Waals surface area contributed by atoms with Gasteiger partial charge in [-0.25, -0.2) is 8.42 Å². The standard InChI is InChI=1S/C34H35ClN4O7S/c1-4-36-34(41)32(20-25-8-6-5-7-9-25)37(22-26-11-13-27(35)14-12-26)33(40)23-38(28-15-17-29(46-3)18-16-28)47(44,45)30-19-10-24(2)31(21-30)39(42)43/h5-19,21,32H,4,20,22-23H2,1-3H3,(H,36,41)/t32-/m0/s1. The summed E-state index contributed by atoms with van der Waals surface area (Å²) in [5.74, 6) is -0.633. The van der Waals surface area contributed by atoms with Crippen LogP contribution in [0, 0.1) is 17.0 Å². The molecule has 0 saturated carbocycles. The second-order valence-corrected chi connectivity index (χ2v) is 13.0. The molecule has 0 bridgehead atoms. The van der Waals surface area contributed by atoms with Crippen LogP contribution in [-0.2, 0) is 32.6 Å². The minimum absolute atomic E-state index is 0.0306. The molecule has 0 aliphatic carbocycles. The van der Waals surface area contributed by atoms with Crippen LogP contribution in [0.1, 0.15) is 23.6 Å². The SMILES string of the molecule is CCNC(=O)[C@H](Cc1ccccc1)N(Cc1ccc(Cl)cc1)C(=O)CN(c1ccc(OC)cc1)S(=O)(=O)c1ccc(C)c([N+](=O)[O-])c1. The molecule has 0 radical (unpaired) electrons. The lowest BCUT2D eigenvalue weighted by Crippen LogP contribution is -2.53. The molecular weight excluding hydrogens is 644 g/mol. The summed E-state index contributed by atoms with van der Waals surface area (Å²) in [7, 11) is -3.09. The van der Waals surface area contributed by atoms with Crippen molar-refractivity contribution in [2.75, 3.05) is 24.5 Å². The largest absolute Gasteiger partial charge is 0.497 e. The van der Waals surface area contributed by atoms with Crippen LogP contribution < -0.4 is 14.4 Å². The van der Waals surface area contributed by atoms with Crippen molar-refractivity contribution in [2.24, 2.45) is 0 Å². The number of anilines is 1. The molecule has 4 aromatic rings. The molecule has 0 heterocycles. The van der Waals surface area contributed by atoms with Gasteiger partial charge in [-0.3, -0.25) is 24.0 Å². The molecule has 2 amide bonds. The Morgan fingerprint density at radius 2 is 1.62 bits per heavy atom. The number of aryl methyl sites for hydroxylation is 1. The predicted molar refractivity (Wildman–Crippen MR) is 180 cm³/mol. The minimum atomic E-state index is -4.55. The van der Waals surface area contributed by atoms with Crippen molar-refractivity contribution >= 4 is 44.8 Å². The van der Waals surface area contributed by atoms with E-state index in [0.29, 0.717) is 22.9 Å². The van der Waals surface area contributed by atoms with E-state index in [1.807, 2.05) is 30.3 Å². The molecule has 0 saturated heterocycles. The number of carbonyl (C=O) groups is 2. The number of hydrogen-bond acceptors (Lipinski definition) is 7. The topological polar surface area (TPSA) is 139 Å². The lowest BCUT2D eigenvalue weighted by atomic mass is 10.0. The van der Waals surface area contributed by atoms with Crippen molar-refractivity contribution in [1.29, 1.82) is 0 Å². The molecule has 0 aromatic heterocycles. The number of nitro benzene ring substituents is 1. The summed E-state index contributed by atoms with van der Waals surface area (Å²) in [6, 6.07) is 24.6. The number of carbonyl (C=O) groups excluding carboxylic acids is 2. The van der Waals surface area contributed by atoms with Crippen molar-refractivity contribution in [3.63, 3.8) is 0 Å². The van der Waals surface area contributed by atoms with Gasteiger partial charge in [0.05, 0.1) is 22.6 Å². The van der Waals surface area contributed by atoms with E-state index in [1.165, 1.54) is 55.3 Å². The number of methoxy groups -OCH3 is 1. The van der Waals surface area contributed by atoms with Gasteiger partial charge in [0, 0.05) is 36.2 Å². The Hall–Kier alpha value is -4.94. The van der Waals surface area contributed by atoms with Gasteiger partial charge in [-0.15, -0.1) is 0 Å². The van der Waals surface area contributed by atoms with E-state index in [1.54, 1.807) is 31.2 Å². The molecular formula is C34H35ClN4O7S. The fraction of sp³-hybridized carbons (Fsp3) is 0.235. The molecule has 13 heteroatoms. The number of nitrogens with zero attached hydrogens (tertiary/aromatic N) is 3. The number of amides is 2. The second kappa shape index (κ2) is 15.6. The predicted octanol–water partition coefficient (Wildman–Crippen LogP) is 5.54. The lowest BCUT2D eigenvalue weighted by Gasteiger charge is -2.33. The Kier molecular flexibility index (Phi) is 11.6. The van der Waals surface area contributed by atoms with Crippen LogP contribution in [0.5, 0.6) is 5.75 Å². The first-order valence-electron chi connectivity index (χ1n) is 14.7. The van der Waals surface area contributed by atoms with Crippen molar-refractivity contribution < 1.29 is 27.7 Å². The highest BCUT2D eigenvalue weighted by atomic mass is 35.5. The van der Waals surface area contributed by atoms with E-state index in [2.05, 4.69) is 5.32 Å². The van der Waals surface area contributed by atoms with Crippen molar-refractivity contribution in [1.82, 2.24) is 10.2 Å². The number of benzene rings is 4. The van der Waals surface area contributed by atoms with E-state index >= 15 is 0 Å². The molecule has 1 N–H and O–H groups in total. The normalized spacial score (nSPS) is 11.7. The third-order valence-electron chi connectivity index (χ3n) is 7.49. The Labute approximate surface area is 278 Å². The zero-order valence-electron chi connectivity index (χ0n) is 26.1.